The number of nitrogens with two attached hydrogens (primary N) is 1. The lowest BCUT2D eigenvalue weighted by molar-refractivity contribution is 0.209. The van der Waals surface area contributed by atoms with Crippen LogP contribution in [0.2, 0.25) is 0 Å². The largest absolute Gasteiger partial charge is 0.323 e. The lowest BCUT2D eigenvalue weighted by Gasteiger charge is -2.29. The molecule has 0 saturated heterocycles. The van der Waals surface area contributed by atoms with E-state index in [1.54, 1.807) is 0 Å². The third-order valence-corrected chi connectivity index (χ3v) is 3.63. The van der Waals surface area contributed by atoms with Crippen molar-refractivity contribution in [3.63, 3.8) is 0 Å². The molecule has 0 saturated carbocycles. The molecule has 1 rings (SSSR count). The zero-order valence-corrected chi connectivity index (χ0v) is 12.5. The van der Waals surface area contributed by atoms with Gasteiger partial charge in [-0.3, -0.25) is 4.90 Å². The van der Waals surface area contributed by atoms with Crippen molar-refractivity contribution >= 4 is 0 Å². The summed E-state index contributed by atoms with van der Waals surface area (Å²) < 4.78 is 0. The fraction of sp³-hybridized carbons (Fsp3) is 0.625. The normalized spacial score (nSPS) is 13.3. The van der Waals surface area contributed by atoms with Crippen LogP contribution in [0.5, 0.6) is 0 Å². The first-order valence-corrected chi connectivity index (χ1v) is 7.02. The Bertz CT molecular complexity index is 371. The van der Waals surface area contributed by atoms with Crippen LogP contribution in [-0.2, 0) is 0 Å². The Balaban J connectivity index is 2.73. The third-order valence-electron chi connectivity index (χ3n) is 3.63. The van der Waals surface area contributed by atoms with E-state index in [0.29, 0.717) is 6.04 Å². The van der Waals surface area contributed by atoms with E-state index < -0.39 is 0 Å². The lowest BCUT2D eigenvalue weighted by Crippen LogP contribution is -2.37. The molecule has 0 aliphatic rings. The van der Waals surface area contributed by atoms with Crippen molar-refractivity contribution in [1.29, 1.82) is 0 Å². The molecule has 102 valence electrons. The summed E-state index contributed by atoms with van der Waals surface area (Å²) in [6, 6.07) is 7.23. The van der Waals surface area contributed by atoms with Crippen molar-refractivity contribution in [3.05, 3.63) is 34.9 Å². The fourth-order valence-corrected chi connectivity index (χ4v) is 2.20. The number of rotatable bonds is 6. The maximum absolute atomic E-state index is 6.34. The minimum absolute atomic E-state index is 0.109. The van der Waals surface area contributed by atoms with E-state index in [0.717, 1.165) is 13.1 Å². The standard InChI is InChI=1S/C16H28N2/c1-6-9-18(12(2)3)11-16(17)15-8-7-13(4)14(5)10-15/h7-8,10,12,16H,6,9,11,17H2,1-5H3. The summed E-state index contributed by atoms with van der Waals surface area (Å²) >= 11 is 0. The van der Waals surface area contributed by atoms with Crippen molar-refractivity contribution in [3.8, 4) is 0 Å². The number of hydrogen-bond acceptors (Lipinski definition) is 2. The summed E-state index contributed by atoms with van der Waals surface area (Å²) in [6.45, 7) is 13.0. The summed E-state index contributed by atoms with van der Waals surface area (Å²) in [5.74, 6) is 0. The average Bonchev–Trinajstić information content (AvgIpc) is 2.31. The van der Waals surface area contributed by atoms with E-state index in [1.165, 1.54) is 23.1 Å². The summed E-state index contributed by atoms with van der Waals surface area (Å²) in [6.07, 6.45) is 1.18. The molecule has 0 radical (unpaired) electrons. The molecule has 1 aromatic rings. The van der Waals surface area contributed by atoms with E-state index in [-0.39, 0.29) is 6.04 Å². The Kier molecular flexibility index (Phi) is 5.83. The zero-order valence-electron chi connectivity index (χ0n) is 12.5. The van der Waals surface area contributed by atoms with E-state index in [9.17, 15) is 0 Å². The quantitative estimate of drug-likeness (QED) is 0.836. The molecule has 0 fully saturated rings. The molecule has 0 heterocycles. The SMILES string of the molecule is CCCN(CC(N)c1ccc(C)c(C)c1)C(C)C. The second kappa shape index (κ2) is 6.91. The highest BCUT2D eigenvalue weighted by Gasteiger charge is 2.14. The number of benzene rings is 1. The monoisotopic (exact) mass is 248 g/mol. The lowest BCUT2D eigenvalue weighted by atomic mass is 10.0. The molecule has 0 amide bonds. The van der Waals surface area contributed by atoms with Gasteiger partial charge in [0.25, 0.3) is 0 Å². The zero-order chi connectivity index (χ0) is 13.7. The highest BCUT2D eigenvalue weighted by Crippen LogP contribution is 2.17. The fourth-order valence-electron chi connectivity index (χ4n) is 2.20. The van der Waals surface area contributed by atoms with Gasteiger partial charge in [-0.2, -0.15) is 0 Å². The summed E-state index contributed by atoms with van der Waals surface area (Å²) in [5.41, 5.74) is 10.3. The molecular weight excluding hydrogens is 220 g/mol. The molecule has 2 heteroatoms. The molecule has 0 bridgehead atoms. The first-order valence-electron chi connectivity index (χ1n) is 7.02. The van der Waals surface area contributed by atoms with Crippen LogP contribution in [0.4, 0.5) is 0 Å². The summed E-state index contributed by atoms with van der Waals surface area (Å²) in [7, 11) is 0. The smallest absolute Gasteiger partial charge is 0.0424 e. The average molecular weight is 248 g/mol. The van der Waals surface area contributed by atoms with Gasteiger partial charge in [-0.1, -0.05) is 25.1 Å². The van der Waals surface area contributed by atoms with Crippen LogP contribution < -0.4 is 5.73 Å². The van der Waals surface area contributed by atoms with Gasteiger partial charge in [-0.05, 0) is 57.4 Å². The van der Waals surface area contributed by atoms with Crippen molar-refractivity contribution in [2.24, 2.45) is 5.73 Å². The summed E-state index contributed by atoms with van der Waals surface area (Å²) in [5, 5.41) is 0. The maximum Gasteiger partial charge on any atom is 0.0424 e. The van der Waals surface area contributed by atoms with Crippen LogP contribution in [0.25, 0.3) is 0 Å². The molecule has 2 nitrogen and oxygen atoms in total. The van der Waals surface area contributed by atoms with Gasteiger partial charge in [0, 0.05) is 18.6 Å². The van der Waals surface area contributed by atoms with Gasteiger partial charge in [0.1, 0.15) is 0 Å². The predicted octanol–water partition coefficient (Wildman–Crippen LogP) is 3.42. The van der Waals surface area contributed by atoms with Crippen LogP contribution in [0.15, 0.2) is 18.2 Å². The van der Waals surface area contributed by atoms with Crippen LogP contribution >= 0.6 is 0 Å². The van der Waals surface area contributed by atoms with E-state index in [1.807, 2.05) is 0 Å². The van der Waals surface area contributed by atoms with Gasteiger partial charge in [-0.15, -0.1) is 0 Å². The van der Waals surface area contributed by atoms with Gasteiger partial charge in [0.05, 0.1) is 0 Å². The van der Waals surface area contributed by atoms with Crippen molar-refractivity contribution in [2.75, 3.05) is 13.1 Å². The maximum atomic E-state index is 6.34. The highest BCUT2D eigenvalue weighted by atomic mass is 15.2. The third kappa shape index (κ3) is 4.11. The van der Waals surface area contributed by atoms with Crippen LogP contribution in [-0.4, -0.2) is 24.0 Å². The molecule has 0 aromatic heterocycles. The van der Waals surface area contributed by atoms with Crippen LogP contribution in [0.1, 0.15) is 49.9 Å². The van der Waals surface area contributed by atoms with Crippen molar-refractivity contribution in [1.82, 2.24) is 4.90 Å². The molecule has 0 aliphatic heterocycles. The Morgan fingerprint density at radius 3 is 2.33 bits per heavy atom. The molecule has 2 N–H and O–H groups in total. The van der Waals surface area contributed by atoms with E-state index in [2.05, 4.69) is 57.7 Å². The van der Waals surface area contributed by atoms with Gasteiger partial charge >= 0.3 is 0 Å². The van der Waals surface area contributed by atoms with E-state index >= 15 is 0 Å². The van der Waals surface area contributed by atoms with Crippen LogP contribution in [0, 0.1) is 13.8 Å². The summed E-state index contributed by atoms with van der Waals surface area (Å²) in [4.78, 5) is 2.46. The minimum Gasteiger partial charge on any atom is -0.323 e. The molecule has 0 aliphatic carbocycles. The predicted molar refractivity (Wildman–Crippen MR) is 79.8 cm³/mol. The number of nitrogens with zero attached hydrogens (tertiary/aromatic N) is 1. The Hall–Kier alpha value is -0.860. The molecule has 0 spiro atoms. The first kappa shape index (κ1) is 15.2. The first-order chi connectivity index (χ1) is 8.45. The molecule has 1 unspecified atom stereocenters. The Morgan fingerprint density at radius 1 is 1.17 bits per heavy atom. The van der Waals surface area contributed by atoms with Gasteiger partial charge in [0.2, 0.25) is 0 Å². The molecule has 1 atom stereocenters. The van der Waals surface area contributed by atoms with E-state index in [4.69, 9.17) is 5.73 Å². The van der Waals surface area contributed by atoms with Gasteiger partial charge < -0.3 is 5.73 Å². The Labute approximate surface area is 112 Å². The second-order valence-corrected chi connectivity index (χ2v) is 5.54. The Morgan fingerprint density at radius 2 is 1.83 bits per heavy atom. The highest BCUT2D eigenvalue weighted by molar-refractivity contribution is 5.31. The van der Waals surface area contributed by atoms with Crippen molar-refractivity contribution < 1.29 is 0 Å². The van der Waals surface area contributed by atoms with Gasteiger partial charge in [-0.25, -0.2) is 0 Å². The van der Waals surface area contributed by atoms with Crippen molar-refractivity contribution in [2.45, 2.75) is 53.1 Å². The molecule has 1 aromatic carbocycles. The number of hydrogen-bond donors (Lipinski definition) is 1. The second-order valence-electron chi connectivity index (χ2n) is 5.54. The van der Waals surface area contributed by atoms with Crippen LogP contribution in [0.3, 0.4) is 0 Å². The minimum atomic E-state index is 0.109. The molecule has 18 heavy (non-hydrogen) atoms. The van der Waals surface area contributed by atoms with Gasteiger partial charge in [0.15, 0.2) is 0 Å². The topological polar surface area (TPSA) is 29.3 Å². The number of aryl methyl sites for hydroxylation is 2. The molecular formula is C16H28N2.